The first-order valence-electron chi connectivity index (χ1n) is 6.79. The number of carbonyl (C=O) groups is 2. The fourth-order valence-corrected chi connectivity index (χ4v) is 4.64. The van der Waals surface area contributed by atoms with Gasteiger partial charge >= 0.3 is 0 Å². The number of phenolic OH excluding ortho intramolecular Hbond substituents is 2. The van der Waals surface area contributed by atoms with Gasteiger partial charge in [0.1, 0.15) is 31.6 Å². The van der Waals surface area contributed by atoms with E-state index < -0.39 is 66.5 Å². The van der Waals surface area contributed by atoms with Crippen LogP contribution in [-0.4, -0.2) is 31.6 Å². The number of rotatable bonds is 2. The number of halogens is 4. The standard InChI is InChI=1S/C14H2Br4N2O8/c15-5-7(17)13(23)3-1(9(5)19(25)26)11(21)4-2(12(3)22)10(20(27)28)6(16)8(18)14(4)24/h23-24H. The number of aromatic hydroxyl groups is 2. The van der Waals surface area contributed by atoms with Crippen LogP contribution in [0.5, 0.6) is 11.5 Å². The van der Waals surface area contributed by atoms with Gasteiger partial charge in [0.25, 0.3) is 11.4 Å². The Balaban J connectivity index is 2.61. The van der Waals surface area contributed by atoms with Crippen LogP contribution in [0.2, 0.25) is 0 Å². The van der Waals surface area contributed by atoms with Crippen LogP contribution in [0.3, 0.4) is 0 Å². The molecule has 28 heavy (non-hydrogen) atoms. The normalized spacial score (nSPS) is 12.6. The molecule has 144 valence electrons. The number of phenols is 2. The number of hydrogen-bond donors (Lipinski definition) is 2. The van der Waals surface area contributed by atoms with Gasteiger partial charge in [0.15, 0.2) is 0 Å². The average Bonchev–Trinajstić information content (AvgIpc) is 2.60. The van der Waals surface area contributed by atoms with E-state index in [0.29, 0.717) is 0 Å². The Morgan fingerprint density at radius 3 is 1.14 bits per heavy atom. The molecule has 0 atom stereocenters. The maximum Gasteiger partial charge on any atom is 0.296 e. The van der Waals surface area contributed by atoms with Crippen molar-refractivity contribution >= 4 is 86.7 Å². The van der Waals surface area contributed by atoms with Gasteiger partial charge in [-0.1, -0.05) is 0 Å². The predicted molar refractivity (Wildman–Crippen MR) is 107 cm³/mol. The summed E-state index contributed by atoms with van der Waals surface area (Å²) in [4.78, 5) is 47.2. The second kappa shape index (κ2) is 6.86. The molecule has 0 heterocycles. The fraction of sp³-hybridized carbons (Fsp3) is 0. The monoisotopic (exact) mass is 642 g/mol. The molecule has 0 saturated carbocycles. The highest BCUT2D eigenvalue weighted by molar-refractivity contribution is 9.13. The summed E-state index contributed by atoms with van der Waals surface area (Å²) in [5, 5.41) is 43.7. The van der Waals surface area contributed by atoms with Crippen LogP contribution in [0.4, 0.5) is 11.4 Å². The molecule has 1 aliphatic rings. The molecule has 0 unspecified atom stereocenters. The van der Waals surface area contributed by atoms with Crippen LogP contribution in [0.1, 0.15) is 31.8 Å². The summed E-state index contributed by atoms with van der Waals surface area (Å²) in [5.41, 5.74) is -4.84. The lowest BCUT2D eigenvalue weighted by atomic mass is 9.81. The minimum Gasteiger partial charge on any atom is -0.506 e. The van der Waals surface area contributed by atoms with Gasteiger partial charge in [0.2, 0.25) is 11.6 Å². The van der Waals surface area contributed by atoms with E-state index in [1.54, 1.807) is 0 Å². The van der Waals surface area contributed by atoms with Crippen LogP contribution < -0.4 is 0 Å². The van der Waals surface area contributed by atoms with E-state index in [4.69, 9.17) is 0 Å². The second-order valence-corrected chi connectivity index (χ2v) is 8.49. The quantitative estimate of drug-likeness (QED) is 0.299. The summed E-state index contributed by atoms with van der Waals surface area (Å²) >= 11 is 11.5. The van der Waals surface area contributed by atoms with Crippen molar-refractivity contribution in [3.63, 3.8) is 0 Å². The van der Waals surface area contributed by atoms with Crippen molar-refractivity contribution in [1.82, 2.24) is 0 Å². The Kier molecular flexibility index (Phi) is 5.10. The maximum absolute atomic E-state index is 13.0. The molecular formula is C14H2Br4N2O8. The molecule has 2 aromatic carbocycles. The lowest BCUT2D eigenvalue weighted by Crippen LogP contribution is -2.24. The second-order valence-electron chi connectivity index (χ2n) is 5.32. The molecule has 3 rings (SSSR count). The number of nitro groups is 2. The number of fused-ring (bicyclic) bond motifs is 2. The Labute approximate surface area is 187 Å². The average molecular weight is 646 g/mol. The Bertz CT molecular complexity index is 1090. The van der Waals surface area contributed by atoms with Gasteiger partial charge in [-0.05, 0) is 63.7 Å². The van der Waals surface area contributed by atoms with Crippen LogP contribution in [0.25, 0.3) is 0 Å². The molecule has 2 N–H and O–H groups in total. The van der Waals surface area contributed by atoms with Gasteiger partial charge in [-0.2, -0.15) is 0 Å². The van der Waals surface area contributed by atoms with Crippen LogP contribution in [0, 0.1) is 20.2 Å². The molecule has 1 aliphatic carbocycles. The van der Waals surface area contributed by atoms with Crippen molar-refractivity contribution in [2.75, 3.05) is 0 Å². The van der Waals surface area contributed by atoms with Crippen molar-refractivity contribution in [3.8, 4) is 11.5 Å². The molecule has 10 nitrogen and oxygen atoms in total. The molecule has 0 aromatic heterocycles. The summed E-state index contributed by atoms with van der Waals surface area (Å²) in [6.07, 6.45) is 0. The zero-order valence-corrected chi connectivity index (χ0v) is 19.1. The van der Waals surface area contributed by atoms with Crippen LogP contribution >= 0.6 is 63.7 Å². The van der Waals surface area contributed by atoms with E-state index in [9.17, 15) is 40.0 Å². The van der Waals surface area contributed by atoms with E-state index in [1.165, 1.54) is 0 Å². The molecule has 0 radical (unpaired) electrons. The number of nitrogens with zero attached hydrogens (tertiary/aromatic N) is 2. The smallest absolute Gasteiger partial charge is 0.296 e. The van der Waals surface area contributed by atoms with Gasteiger partial charge in [0.05, 0.1) is 29.9 Å². The van der Waals surface area contributed by atoms with Gasteiger partial charge in [-0.25, -0.2) is 0 Å². The number of nitro benzene ring substituents is 2. The van der Waals surface area contributed by atoms with Gasteiger partial charge in [-0.3, -0.25) is 29.8 Å². The maximum atomic E-state index is 13.0. The minimum absolute atomic E-state index is 0.286. The Hall–Kier alpha value is -1.90. The first-order chi connectivity index (χ1) is 12.9. The highest BCUT2D eigenvalue weighted by atomic mass is 79.9. The molecule has 0 bridgehead atoms. The highest BCUT2D eigenvalue weighted by Crippen LogP contribution is 2.53. The zero-order valence-electron chi connectivity index (χ0n) is 12.8. The zero-order chi connectivity index (χ0) is 21.2. The fourth-order valence-electron chi connectivity index (χ4n) is 2.81. The molecule has 0 saturated heterocycles. The predicted octanol–water partition coefficient (Wildman–Crippen LogP) is 4.74. The summed E-state index contributed by atoms with van der Waals surface area (Å²) in [6.45, 7) is 0. The number of carbonyl (C=O) groups excluding carboxylic acids is 2. The van der Waals surface area contributed by atoms with Crippen molar-refractivity contribution < 1.29 is 29.6 Å². The van der Waals surface area contributed by atoms with Crippen LogP contribution in [-0.2, 0) is 0 Å². The minimum atomic E-state index is -1.23. The number of ketones is 2. The van der Waals surface area contributed by atoms with Crippen molar-refractivity contribution in [1.29, 1.82) is 0 Å². The van der Waals surface area contributed by atoms with Crippen LogP contribution in [0.15, 0.2) is 17.9 Å². The lowest BCUT2D eigenvalue weighted by Gasteiger charge is -2.21. The topological polar surface area (TPSA) is 161 Å². The molecule has 0 amide bonds. The van der Waals surface area contributed by atoms with Crippen molar-refractivity contribution in [2.24, 2.45) is 0 Å². The van der Waals surface area contributed by atoms with E-state index in [1.807, 2.05) is 0 Å². The summed E-state index contributed by atoms with van der Waals surface area (Å²) in [7, 11) is 0. The SMILES string of the molecule is O=C1c2c(O)c(Br)c(Br)c([N+](=O)[O-])c2C(=O)c2c(O)c(Br)c(Br)c([N+](=O)[O-])c21. The lowest BCUT2D eigenvalue weighted by molar-refractivity contribution is -0.386. The number of hydrogen-bond acceptors (Lipinski definition) is 8. The van der Waals surface area contributed by atoms with Crippen molar-refractivity contribution in [3.05, 3.63) is 60.4 Å². The summed E-state index contributed by atoms with van der Waals surface area (Å²) < 4.78 is -1.21. The summed E-state index contributed by atoms with van der Waals surface area (Å²) in [5.74, 6) is -4.09. The van der Waals surface area contributed by atoms with Crippen molar-refractivity contribution in [2.45, 2.75) is 0 Å². The van der Waals surface area contributed by atoms with Gasteiger partial charge < -0.3 is 10.2 Å². The molecule has 0 fully saturated rings. The summed E-state index contributed by atoms with van der Waals surface area (Å²) in [6, 6.07) is 0. The molecule has 0 aliphatic heterocycles. The highest BCUT2D eigenvalue weighted by Gasteiger charge is 2.47. The Morgan fingerprint density at radius 1 is 0.607 bits per heavy atom. The first-order valence-corrected chi connectivity index (χ1v) is 9.96. The van der Waals surface area contributed by atoms with E-state index >= 15 is 0 Å². The third kappa shape index (κ3) is 2.62. The largest absolute Gasteiger partial charge is 0.506 e. The van der Waals surface area contributed by atoms with Gasteiger partial charge in [-0.15, -0.1) is 0 Å². The third-order valence-corrected chi connectivity index (χ3v) is 8.09. The third-order valence-electron chi connectivity index (χ3n) is 3.94. The molecular weight excluding hydrogens is 644 g/mol. The van der Waals surface area contributed by atoms with E-state index in [2.05, 4.69) is 63.7 Å². The first kappa shape index (κ1) is 20.8. The molecule has 14 heteroatoms. The molecule has 0 spiro atoms. The van der Waals surface area contributed by atoms with E-state index in [0.717, 1.165) is 0 Å². The van der Waals surface area contributed by atoms with Gasteiger partial charge in [0, 0.05) is 0 Å². The number of benzene rings is 2. The Morgan fingerprint density at radius 2 is 0.893 bits per heavy atom. The molecule has 2 aromatic rings. The van der Waals surface area contributed by atoms with E-state index in [-0.39, 0.29) is 17.9 Å².